The Kier molecular flexibility index (Phi) is 4.93. The number of rotatable bonds is 6. The van der Waals surface area contributed by atoms with Crippen LogP contribution in [0.1, 0.15) is 24.5 Å². The van der Waals surface area contributed by atoms with Gasteiger partial charge in [-0.2, -0.15) is 0 Å². The van der Waals surface area contributed by atoms with Crippen molar-refractivity contribution in [1.82, 2.24) is 0 Å². The Morgan fingerprint density at radius 2 is 1.44 bits per heavy atom. The fourth-order valence-electron chi connectivity index (χ4n) is 1.74. The third kappa shape index (κ3) is 2.61. The topological polar surface area (TPSA) is 60.7 Å². The van der Waals surface area contributed by atoms with Crippen LogP contribution in [0, 0.1) is 0 Å². The first-order valence-corrected chi connectivity index (χ1v) is 5.64. The Bertz CT molecular complexity index is 293. The molecule has 0 saturated carbocycles. The zero-order valence-corrected chi connectivity index (χ0v) is 9.69. The smallest absolute Gasteiger partial charge is 0.0645 e. The van der Waals surface area contributed by atoms with Gasteiger partial charge in [0, 0.05) is 0 Å². The van der Waals surface area contributed by atoms with Crippen LogP contribution in [-0.4, -0.2) is 35.1 Å². The number of aliphatic hydroxyl groups excluding tert-OH is 3. The summed E-state index contributed by atoms with van der Waals surface area (Å²) in [6.45, 7) is 1.35. The lowest BCUT2D eigenvalue weighted by atomic mass is 9.82. The molecule has 0 radical (unpaired) electrons. The standard InChI is InChI=1S/C13H20O3/c1-2-3-11-4-6-12(7-5-11)13(8-14,9-15)10-16/h4-7,14-16H,2-3,8-10H2,1H3. The summed E-state index contributed by atoms with van der Waals surface area (Å²) in [4.78, 5) is 0. The van der Waals surface area contributed by atoms with E-state index in [1.807, 2.05) is 24.3 Å². The molecular weight excluding hydrogens is 204 g/mol. The molecular formula is C13H20O3. The lowest BCUT2D eigenvalue weighted by molar-refractivity contribution is 0.0641. The van der Waals surface area contributed by atoms with Gasteiger partial charge in [-0.1, -0.05) is 37.6 Å². The predicted octanol–water partition coefficient (Wildman–Crippen LogP) is 0.854. The molecule has 16 heavy (non-hydrogen) atoms. The lowest BCUT2D eigenvalue weighted by Gasteiger charge is -2.28. The summed E-state index contributed by atoms with van der Waals surface area (Å²) in [6.07, 6.45) is 2.11. The van der Waals surface area contributed by atoms with Crippen molar-refractivity contribution in [2.45, 2.75) is 25.2 Å². The van der Waals surface area contributed by atoms with Crippen LogP contribution < -0.4 is 0 Å². The highest BCUT2D eigenvalue weighted by molar-refractivity contribution is 5.30. The van der Waals surface area contributed by atoms with Crippen LogP contribution in [0.5, 0.6) is 0 Å². The quantitative estimate of drug-likeness (QED) is 0.671. The van der Waals surface area contributed by atoms with E-state index >= 15 is 0 Å². The average molecular weight is 224 g/mol. The van der Waals surface area contributed by atoms with Crippen LogP contribution in [0.2, 0.25) is 0 Å². The van der Waals surface area contributed by atoms with E-state index in [2.05, 4.69) is 6.92 Å². The van der Waals surface area contributed by atoms with Gasteiger partial charge in [-0.05, 0) is 17.5 Å². The van der Waals surface area contributed by atoms with Gasteiger partial charge in [-0.3, -0.25) is 0 Å². The third-order valence-corrected chi connectivity index (χ3v) is 3.01. The van der Waals surface area contributed by atoms with Crippen molar-refractivity contribution < 1.29 is 15.3 Å². The Morgan fingerprint density at radius 3 is 1.81 bits per heavy atom. The largest absolute Gasteiger partial charge is 0.395 e. The molecule has 0 spiro atoms. The maximum absolute atomic E-state index is 9.28. The second kappa shape index (κ2) is 5.99. The van der Waals surface area contributed by atoms with Crippen LogP contribution in [0.4, 0.5) is 0 Å². The van der Waals surface area contributed by atoms with Gasteiger partial charge in [-0.25, -0.2) is 0 Å². The molecule has 0 aliphatic heterocycles. The fraction of sp³-hybridized carbons (Fsp3) is 0.538. The molecule has 0 heterocycles. The van der Waals surface area contributed by atoms with Crippen molar-refractivity contribution in [1.29, 1.82) is 0 Å². The normalized spacial score (nSPS) is 11.8. The molecule has 0 saturated heterocycles. The van der Waals surface area contributed by atoms with Gasteiger partial charge in [0.2, 0.25) is 0 Å². The number of benzene rings is 1. The van der Waals surface area contributed by atoms with Gasteiger partial charge in [-0.15, -0.1) is 0 Å². The number of hydrogen-bond donors (Lipinski definition) is 3. The Morgan fingerprint density at radius 1 is 0.938 bits per heavy atom. The van der Waals surface area contributed by atoms with Crippen molar-refractivity contribution in [2.24, 2.45) is 0 Å². The minimum absolute atomic E-state index is 0.257. The SMILES string of the molecule is CCCc1ccc(C(CO)(CO)CO)cc1. The molecule has 1 aromatic carbocycles. The molecule has 1 aromatic rings. The maximum Gasteiger partial charge on any atom is 0.0645 e. The maximum atomic E-state index is 9.28. The van der Waals surface area contributed by atoms with Crippen LogP contribution in [0.25, 0.3) is 0 Å². The predicted molar refractivity (Wildman–Crippen MR) is 63.4 cm³/mol. The van der Waals surface area contributed by atoms with Gasteiger partial charge in [0.1, 0.15) is 0 Å². The summed E-state index contributed by atoms with van der Waals surface area (Å²) in [7, 11) is 0. The molecule has 3 N–H and O–H groups in total. The summed E-state index contributed by atoms with van der Waals surface area (Å²) in [5, 5.41) is 27.8. The molecule has 90 valence electrons. The van der Waals surface area contributed by atoms with Crippen molar-refractivity contribution >= 4 is 0 Å². The van der Waals surface area contributed by atoms with Gasteiger partial charge in [0.05, 0.1) is 25.2 Å². The second-order valence-electron chi connectivity index (χ2n) is 4.20. The van der Waals surface area contributed by atoms with E-state index in [9.17, 15) is 15.3 Å². The van der Waals surface area contributed by atoms with Crippen LogP contribution in [0.15, 0.2) is 24.3 Å². The summed E-state index contributed by atoms with van der Waals surface area (Å²) < 4.78 is 0. The number of aliphatic hydroxyl groups is 3. The first-order chi connectivity index (χ1) is 7.72. The summed E-state index contributed by atoms with van der Waals surface area (Å²) in [5.41, 5.74) is 1.08. The Labute approximate surface area is 96.4 Å². The molecule has 0 amide bonds. The molecule has 0 fully saturated rings. The second-order valence-corrected chi connectivity index (χ2v) is 4.20. The minimum Gasteiger partial charge on any atom is -0.395 e. The zero-order valence-electron chi connectivity index (χ0n) is 9.69. The van der Waals surface area contributed by atoms with Crippen molar-refractivity contribution in [2.75, 3.05) is 19.8 Å². The molecule has 0 aromatic heterocycles. The highest BCUT2D eigenvalue weighted by atomic mass is 16.3. The fourth-order valence-corrected chi connectivity index (χ4v) is 1.74. The average Bonchev–Trinajstić information content (AvgIpc) is 2.34. The van der Waals surface area contributed by atoms with Crippen molar-refractivity contribution in [3.8, 4) is 0 Å². The van der Waals surface area contributed by atoms with Gasteiger partial charge >= 0.3 is 0 Å². The number of aryl methyl sites for hydroxylation is 1. The van der Waals surface area contributed by atoms with Crippen LogP contribution in [0.3, 0.4) is 0 Å². The summed E-state index contributed by atoms with van der Waals surface area (Å²) in [6, 6.07) is 7.70. The van der Waals surface area contributed by atoms with Gasteiger partial charge in [0.15, 0.2) is 0 Å². The Hall–Kier alpha value is -0.900. The number of hydrogen-bond acceptors (Lipinski definition) is 3. The molecule has 1 rings (SSSR count). The lowest BCUT2D eigenvalue weighted by Crippen LogP contribution is -2.38. The molecule has 0 aliphatic carbocycles. The van der Waals surface area contributed by atoms with Crippen LogP contribution in [-0.2, 0) is 11.8 Å². The molecule has 0 aliphatic rings. The van der Waals surface area contributed by atoms with Crippen LogP contribution >= 0.6 is 0 Å². The first-order valence-electron chi connectivity index (χ1n) is 5.64. The minimum atomic E-state index is -0.926. The zero-order chi connectivity index (χ0) is 12.0. The van der Waals surface area contributed by atoms with E-state index in [0.717, 1.165) is 18.4 Å². The van der Waals surface area contributed by atoms with E-state index in [0.29, 0.717) is 0 Å². The molecule has 3 heteroatoms. The summed E-state index contributed by atoms with van der Waals surface area (Å²) >= 11 is 0. The van der Waals surface area contributed by atoms with E-state index < -0.39 is 5.41 Å². The molecule has 3 nitrogen and oxygen atoms in total. The highest BCUT2D eigenvalue weighted by Crippen LogP contribution is 2.23. The van der Waals surface area contributed by atoms with E-state index in [1.54, 1.807) is 0 Å². The molecule has 0 atom stereocenters. The Balaban J connectivity index is 2.94. The first kappa shape index (κ1) is 13.2. The van der Waals surface area contributed by atoms with Gasteiger partial charge in [0.25, 0.3) is 0 Å². The third-order valence-electron chi connectivity index (χ3n) is 3.01. The van der Waals surface area contributed by atoms with Crippen molar-refractivity contribution in [3.63, 3.8) is 0 Å². The molecule has 0 unspecified atom stereocenters. The monoisotopic (exact) mass is 224 g/mol. The van der Waals surface area contributed by atoms with E-state index in [1.165, 1.54) is 5.56 Å². The van der Waals surface area contributed by atoms with Gasteiger partial charge < -0.3 is 15.3 Å². The van der Waals surface area contributed by atoms with E-state index in [4.69, 9.17) is 0 Å². The highest BCUT2D eigenvalue weighted by Gasteiger charge is 2.30. The summed E-state index contributed by atoms with van der Waals surface area (Å²) in [5.74, 6) is 0. The van der Waals surface area contributed by atoms with E-state index in [-0.39, 0.29) is 19.8 Å². The van der Waals surface area contributed by atoms with Crippen molar-refractivity contribution in [3.05, 3.63) is 35.4 Å². The molecule has 0 bridgehead atoms.